The molecule has 8 heteroatoms. The second kappa shape index (κ2) is 22.0. The molecule has 0 radical (unpaired) electrons. The maximum atomic E-state index is 9.52. The van der Waals surface area contributed by atoms with Gasteiger partial charge in [-0.25, -0.2) is 13.3 Å². The molecule has 34 heavy (non-hydrogen) atoms. The molecule has 2 N–H and O–H groups in total. The van der Waals surface area contributed by atoms with Crippen molar-refractivity contribution in [1.82, 2.24) is 4.90 Å². The van der Waals surface area contributed by atoms with Gasteiger partial charge in [-0.2, -0.15) is 0 Å². The summed E-state index contributed by atoms with van der Waals surface area (Å²) in [7, 11) is -4.42. The summed E-state index contributed by atoms with van der Waals surface area (Å²) < 4.78 is 32.0. The number of β-amino-alcohol motifs (C(OH)–C–C–N with tert-alkyl or cyclic N) is 1. The van der Waals surface area contributed by atoms with E-state index in [1.807, 2.05) is 0 Å². The smallest absolute Gasteiger partial charge is 0.217 e. The topological polar surface area (TPSA) is 94.3 Å². The van der Waals surface area contributed by atoms with E-state index in [1.54, 1.807) is 4.90 Å². The molecule has 1 rings (SSSR count). The number of aliphatic hydroxyl groups excluding tert-OH is 1. The van der Waals surface area contributed by atoms with Crippen LogP contribution in [0.3, 0.4) is 0 Å². The van der Waals surface area contributed by atoms with Crippen LogP contribution < -0.4 is 4.90 Å². The van der Waals surface area contributed by atoms with Gasteiger partial charge in [0.05, 0.1) is 32.8 Å². The van der Waals surface area contributed by atoms with Gasteiger partial charge >= 0.3 is 0 Å². The maximum Gasteiger partial charge on any atom is 0.217 e. The lowest BCUT2D eigenvalue weighted by molar-refractivity contribution is -0.921. The predicted molar refractivity (Wildman–Crippen MR) is 140 cm³/mol. The number of rotatable bonds is 20. The Balaban J connectivity index is 0.00000135. The lowest BCUT2D eigenvalue weighted by Crippen LogP contribution is -3.15. The minimum Gasteiger partial charge on any atom is -0.726 e. The van der Waals surface area contributed by atoms with Crippen molar-refractivity contribution in [2.45, 2.75) is 124 Å². The molecule has 0 aromatic carbocycles. The molecule has 0 spiro atoms. The Morgan fingerprint density at radius 3 is 1.79 bits per heavy atom. The number of nitrogens with one attached hydrogen (secondary N) is 1. The molecular weight excluding hydrogens is 452 g/mol. The van der Waals surface area contributed by atoms with Gasteiger partial charge in [0.1, 0.15) is 6.17 Å². The molecule has 0 aromatic rings. The highest BCUT2D eigenvalue weighted by molar-refractivity contribution is 7.80. The molecule has 0 bridgehead atoms. The van der Waals surface area contributed by atoms with Crippen LogP contribution in [0.2, 0.25) is 0 Å². The Hall–Kier alpha value is -0.250. The minimum absolute atomic E-state index is 0.0914. The summed E-state index contributed by atoms with van der Waals surface area (Å²) in [4.78, 5) is 4.38. The molecule has 1 heterocycles. The fraction of sp³-hybridized carbons (Fsp3) is 1.00. The number of hydrogen-bond donors (Lipinski definition) is 2. The minimum atomic E-state index is -4.42. The van der Waals surface area contributed by atoms with E-state index in [9.17, 15) is 18.1 Å². The quantitative estimate of drug-likeness (QED) is 0.146. The number of nitrogens with zero attached hydrogens (tertiary/aromatic N) is 1. The highest BCUT2D eigenvalue weighted by Gasteiger charge is 2.39. The van der Waals surface area contributed by atoms with Gasteiger partial charge < -0.3 is 14.6 Å². The van der Waals surface area contributed by atoms with Crippen molar-refractivity contribution >= 4 is 10.4 Å². The fourth-order valence-electron chi connectivity index (χ4n) is 5.21. The van der Waals surface area contributed by atoms with E-state index < -0.39 is 10.4 Å². The van der Waals surface area contributed by atoms with Gasteiger partial charge in [-0.1, -0.05) is 90.9 Å². The Labute approximate surface area is 211 Å². The number of likely N-dealkylation sites (N-methyl/N-ethyl adjacent to an activating group) is 1. The molecule has 1 saturated heterocycles. The molecule has 3 unspecified atom stereocenters. The molecule has 0 aliphatic carbocycles. The Kier molecular flexibility index (Phi) is 21.8. The summed E-state index contributed by atoms with van der Waals surface area (Å²) in [5.41, 5.74) is 0. The molecule has 0 amide bonds. The first-order valence-corrected chi connectivity index (χ1v) is 15.5. The lowest BCUT2D eigenvalue weighted by atomic mass is 9.90. The number of aliphatic hydroxyl groups is 1. The third kappa shape index (κ3) is 17.2. The zero-order valence-corrected chi connectivity index (χ0v) is 23.5. The first kappa shape index (κ1) is 33.8. The van der Waals surface area contributed by atoms with Gasteiger partial charge in [0, 0.05) is 12.5 Å². The van der Waals surface area contributed by atoms with E-state index in [4.69, 9.17) is 0 Å². The van der Waals surface area contributed by atoms with Crippen LogP contribution in [-0.4, -0.2) is 68.5 Å². The highest BCUT2D eigenvalue weighted by atomic mass is 32.3. The van der Waals surface area contributed by atoms with Gasteiger partial charge in [-0.05, 0) is 26.7 Å². The second-order valence-electron chi connectivity index (χ2n) is 9.65. The van der Waals surface area contributed by atoms with Crippen LogP contribution in [0.4, 0.5) is 0 Å². The average Bonchev–Trinajstić information content (AvgIpc) is 3.19. The second-order valence-corrected chi connectivity index (χ2v) is 10.7. The summed E-state index contributed by atoms with van der Waals surface area (Å²) in [6.45, 7) is 13.1. The summed E-state index contributed by atoms with van der Waals surface area (Å²) in [6, 6.07) is 0. The van der Waals surface area contributed by atoms with Crippen molar-refractivity contribution in [1.29, 1.82) is 0 Å². The third-order valence-electron chi connectivity index (χ3n) is 6.94. The van der Waals surface area contributed by atoms with Gasteiger partial charge in [-0.15, -0.1) is 0 Å². The Morgan fingerprint density at radius 2 is 1.41 bits per heavy atom. The van der Waals surface area contributed by atoms with Gasteiger partial charge in [0.25, 0.3) is 0 Å². The number of quaternary nitrogens is 1. The summed E-state index contributed by atoms with van der Waals surface area (Å²) in [6.07, 6.45) is 20.3. The molecule has 1 aliphatic heterocycles. The van der Waals surface area contributed by atoms with E-state index in [0.29, 0.717) is 12.8 Å². The predicted octanol–water partition coefficient (Wildman–Crippen LogP) is 4.13. The first-order valence-electron chi connectivity index (χ1n) is 14.1. The summed E-state index contributed by atoms with van der Waals surface area (Å²) >= 11 is 0. The standard InChI is InChI=1S/C24H50N2O.C2H6O4S/c1-4-7-9-11-12-14-16-18-23(17-15-13-10-8-5-2)24-25(6-3)19-20-26(24)21-22-27;1-2-6-7(3,4)5/h23-24,27H,4-22H2,1-3H3;2H2,1H3,(H,3,4,5). The van der Waals surface area contributed by atoms with Crippen LogP contribution in [0.1, 0.15) is 118 Å². The molecule has 0 saturated carbocycles. The molecule has 1 aliphatic rings. The number of unbranched alkanes of at least 4 members (excludes halogenated alkanes) is 10. The zero-order valence-electron chi connectivity index (χ0n) is 22.7. The van der Waals surface area contributed by atoms with Gasteiger partial charge in [-0.3, -0.25) is 4.18 Å². The summed E-state index contributed by atoms with van der Waals surface area (Å²) in [5.74, 6) is 0.825. The van der Waals surface area contributed by atoms with Crippen LogP contribution in [0.5, 0.6) is 0 Å². The van der Waals surface area contributed by atoms with E-state index >= 15 is 0 Å². The summed E-state index contributed by atoms with van der Waals surface area (Å²) in [5, 5.41) is 9.52. The number of hydrogen-bond acceptors (Lipinski definition) is 6. The van der Waals surface area contributed by atoms with Crippen LogP contribution in [0, 0.1) is 5.92 Å². The highest BCUT2D eigenvalue weighted by Crippen LogP contribution is 2.24. The van der Waals surface area contributed by atoms with E-state index in [1.165, 1.54) is 116 Å². The largest absolute Gasteiger partial charge is 0.726 e. The molecule has 206 valence electrons. The first-order chi connectivity index (χ1) is 16.3. The van der Waals surface area contributed by atoms with Crippen molar-refractivity contribution in [2.75, 3.05) is 39.4 Å². The van der Waals surface area contributed by atoms with Crippen LogP contribution in [0.15, 0.2) is 0 Å². The fourth-order valence-corrected chi connectivity index (χ4v) is 5.50. The third-order valence-corrected chi connectivity index (χ3v) is 7.46. The van der Waals surface area contributed by atoms with Crippen LogP contribution in [-0.2, 0) is 14.6 Å². The van der Waals surface area contributed by atoms with Crippen molar-refractivity contribution < 1.29 is 27.2 Å². The van der Waals surface area contributed by atoms with E-state index in [2.05, 4.69) is 29.9 Å². The lowest BCUT2D eigenvalue weighted by Gasteiger charge is -2.33. The molecule has 3 atom stereocenters. The zero-order chi connectivity index (χ0) is 25.7. The average molecular weight is 509 g/mol. The molecule has 0 aromatic heterocycles. The molecule has 1 fully saturated rings. The van der Waals surface area contributed by atoms with E-state index in [0.717, 1.165) is 12.5 Å². The van der Waals surface area contributed by atoms with Gasteiger partial charge in [0.15, 0.2) is 0 Å². The Bertz CT molecular complexity index is 547. The SMILES string of the molecule is CCCCCCCCCC(CCCCCCC)C1N(CCO)CC[NH+]1CC.CCOS(=O)(=O)[O-]. The molecule has 7 nitrogen and oxygen atoms in total. The van der Waals surface area contributed by atoms with Crippen molar-refractivity contribution in [2.24, 2.45) is 5.92 Å². The molecular formula is C26H56N2O5S. The van der Waals surface area contributed by atoms with Crippen molar-refractivity contribution in [3.63, 3.8) is 0 Å². The van der Waals surface area contributed by atoms with E-state index in [-0.39, 0.29) is 6.61 Å². The van der Waals surface area contributed by atoms with Gasteiger partial charge in [0.2, 0.25) is 10.4 Å². The monoisotopic (exact) mass is 508 g/mol. The van der Waals surface area contributed by atoms with Crippen molar-refractivity contribution in [3.8, 4) is 0 Å². The maximum absolute atomic E-state index is 9.52. The van der Waals surface area contributed by atoms with Crippen LogP contribution in [0.25, 0.3) is 0 Å². The Morgan fingerprint density at radius 1 is 0.912 bits per heavy atom. The van der Waals surface area contributed by atoms with Crippen molar-refractivity contribution in [3.05, 3.63) is 0 Å². The van der Waals surface area contributed by atoms with Crippen LogP contribution >= 0.6 is 0 Å². The normalized spacial score (nSPS) is 19.7.